The van der Waals surface area contributed by atoms with Crippen molar-refractivity contribution in [1.82, 2.24) is 0 Å². The molecule has 8 fully saturated rings. The van der Waals surface area contributed by atoms with Gasteiger partial charge in [0.05, 0.1) is 49.4 Å². The monoisotopic (exact) mass is 1880 g/mol. The SMILES string of the molecule is C=C(C)C(=O)OCC(=O)OC1CC(C)C(=O)O1.C=C(C)C(=O)OCC(=O)OC1CCC(=O)O1.C=C(C)C(=O)OCC(=O)OC1OC(=O)C(C)C1C.C=C(C)C(=O)OCC(=O)OC1OC(=O)CC1C.C=CC(=O)OCC(=O)OC1CC(C)C(=O)O1.C=CC(=O)OCC(=O)OC1CCC(=O)O1.C=CC(=O)OCC(=O)OC1OC(=O)C(C)C1C.C=CC(=O)OCC(=O)OC1OC(=O)CC1C. The molecule has 0 N–H and O–H groups in total. The van der Waals surface area contributed by atoms with Crippen LogP contribution in [0.5, 0.6) is 0 Å². The lowest BCUT2D eigenvalue weighted by atomic mass is 9.99. The summed E-state index contributed by atoms with van der Waals surface area (Å²) in [4.78, 5) is 263. The normalized spacial score (nSPS) is 23.1. The van der Waals surface area contributed by atoms with Gasteiger partial charge >= 0.3 is 143 Å². The zero-order valence-corrected chi connectivity index (χ0v) is 74.1. The van der Waals surface area contributed by atoms with Gasteiger partial charge in [-0.05, 0) is 27.7 Å². The van der Waals surface area contributed by atoms with Crippen LogP contribution in [0.15, 0.2) is 99.2 Å². The van der Waals surface area contributed by atoms with Gasteiger partial charge in [-0.3, -0.25) is 38.4 Å². The Labute approximate surface area is 753 Å². The first-order chi connectivity index (χ1) is 61.7. The molecule has 8 aliphatic heterocycles. The Kier molecular flexibility index (Phi) is 51.8. The van der Waals surface area contributed by atoms with Crippen molar-refractivity contribution in [2.45, 2.75) is 185 Å². The summed E-state index contributed by atoms with van der Waals surface area (Å²) in [6.45, 7) is 41.5. The highest BCUT2D eigenvalue weighted by atomic mass is 16.8. The lowest BCUT2D eigenvalue weighted by molar-refractivity contribution is -0.187. The molecule has 0 radical (unpaired) electrons. The summed E-state index contributed by atoms with van der Waals surface area (Å²) >= 11 is 0. The highest BCUT2D eigenvalue weighted by Crippen LogP contribution is 2.31. The minimum Gasteiger partial charge on any atom is -0.451 e. The van der Waals surface area contributed by atoms with Crippen LogP contribution in [0.1, 0.15) is 134 Å². The number of hydrogen-bond acceptors (Lipinski definition) is 48. The van der Waals surface area contributed by atoms with Gasteiger partial charge in [-0.25, -0.2) is 76.7 Å². The Morgan fingerprint density at radius 3 is 0.697 bits per heavy atom. The van der Waals surface area contributed by atoms with Crippen LogP contribution in [0.4, 0.5) is 0 Å². The summed E-state index contributed by atoms with van der Waals surface area (Å²) in [5.74, 6) is -16.9. The second kappa shape index (κ2) is 59.3. The first-order valence-electron chi connectivity index (χ1n) is 39.4. The van der Waals surface area contributed by atoms with Gasteiger partial charge in [0.2, 0.25) is 25.2 Å². The highest BCUT2D eigenvalue weighted by Gasteiger charge is 2.44. The fraction of sp³-hybridized carbons (Fsp3) is 0.524. The van der Waals surface area contributed by atoms with E-state index in [9.17, 15) is 115 Å². The molecule has 8 saturated heterocycles. The Bertz CT molecular complexity index is 4320. The summed E-state index contributed by atoms with van der Waals surface area (Å²) < 4.78 is 112. The first kappa shape index (κ1) is 115. The van der Waals surface area contributed by atoms with E-state index in [1.165, 1.54) is 27.7 Å². The maximum Gasteiger partial charge on any atom is 0.347 e. The number of carbonyl (C=O) groups excluding carboxylic acids is 24. The molecule has 8 heterocycles. The standard InChI is InChI=1S/C12H16O6.3C11H14O6.3C10H12O6.C9H10O6/c1-6(2)10(14)16-5-9(13)17-12-8(4)7(3)11(15)18-12;1-6(2)10(13)15-5-8(12)16-9-4-7(3)11(14)17-9;1-6(2)10(14)15-5-9(13)17-11-7(3)4-8(12)16-11;1-4-8(12)15-5-9(13)16-11-7(3)6(2)10(14)17-11;1-6(2)10(13)14-5-8(12)16-9-4-3-7(11)15-9;1-3-7(11)14-5-8(12)15-9-4-6(2)10(13)16-9;1-3-7(11)14-5-9(13)16-10-6(2)4-8(12)15-10;1-2-6(10)13-5-8(12)15-9-4-3-7(11)14-9/h7-8,12H,1,5H2,2-4H3;7,9H,1,4-5H2,2-3H3;7,11H,1,4-5H2,2-3H3;4,6-7,11H,1,5H2,2-3H3;9H,1,3-5H2,2H3;3,6,9H,1,4-5H2,2H3;3,6,10H,1,4-5H2,2H3;2,9H,1,3-5H2. The maximum absolute atomic E-state index is 11.4. The van der Waals surface area contributed by atoms with Crippen molar-refractivity contribution in [3.63, 3.8) is 0 Å². The molecule has 0 saturated carbocycles. The van der Waals surface area contributed by atoms with Crippen LogP contribution in [0.25, 0.3) is 0 Å². The minimum absolute atomic E-state index is 0.188. The van der Waals surface area contributed by atoms with Gasteiger partial charge in [0, 0.05) is 96.0 Å². The number of cyclic esters (lactones) is 8. The van der Waals surface area contributed by atoms with E-state index < -0.39 is 246 Å². The van der Waals surface area contributed by atoms with Crippen LogP contribution in [0.3, 0.4) is 0 Å². The molecule has 0 aromatic heterocycles. The van der Waals surface area contributed by atoms with Crippen molar-refractivity contribution in [2.75, 3.05) is 52.9 Å². The third kappa shape index (κ3) is 46.8. The molecule has 0 aliphatic carbocycles. The zero-order chi connectivity index (χ0) is 101. The van der Waals surface area contributed by atoms with Gasteiger partial charge in [-0.15, -0.1) is 0 Å². The Balaban J connectivity index is 0.000000755. The van der Waals surface area contributed by atoms with Crippen molar-refractivity contribution in [3.8, 4) is 0 Å². The molecule has 48 nitrogen and oxygen atoms in total. The van der Waals surface area contributed by atoms with E-state index in [-0.39, 0.29) is 95.3 Å². The topological polar surface area (TPSA) is 631 Å². The molecule has 0 amide bonds. The van der Waals surface area contributed by atoms with E-state index in [4.69, 9.17) is 61.6 Å². The fourth-order valence-corrected chi connectivity index (χ4v) is 9.20. The van der Waals surface area contributed by atoms with Crippen molar-refractivity contribution in [2.24, 2.45) is 47.3 Å². The molecule has 0 aromatic rings. The molecule has 8 aliphatic rings. The third-order valence-corrected chi connectivity index (χ3v) is 16.8. The van der Waals surface area contributed by atoms with Crippen LogP contribution in [-0.2, 0) is 229 Å². The average Bonchev–Trinajstić information content (AvgIpc) is 1.70. The molecule has 132 heavy (non-hydrogen) atoms. The summed E-state index contributed by atoms with van der Waals surface area (Å²) in [7, 11) is 0. The summed E-state index contributed by atoms with van der Waals surface area (Å²) in [6.07, 6.45) is -1.15. The van der Waals surface area contributed by atoms with Crippen LogP contribution in [0.2, 0.25) is 0 Å². The summed E-state index contributed by atoms with van der Waals surface area (Å²) in [6, 6.07) is 0. The smallest absolute Gasteiger partial charge is 0.347 e. The van der Waals surface area contributed by atoms with Gasteiger partial charge < -0.3 is 114 Å². The molecule has 0 spiro atoms. The second-order valence-corrected chi connectivity index (χ2v) is 28.5. The molecular weight excluding hydrogens is 1780 g/mol. The largest absolute Gasteiger partial charge is 0.451 e. The van der Waals surface area contributed by atoms with Gasteiger partial charge in [0.1, 0.15) is 0 Å². The molecule has 16 atom stereocenters. The third-order valence-electron chi connectivity index (χ3n) is 16.8. The molecule has 728 valence electrons. The van der Waals surface area contributed by atoms with E-state index in [2.05, 4.69) is 105 Å². The lowest BCUT2D eigenvalue weighted by Gasteiger charge is -2.15. The minimum atomic E-state index is -0.913. The van der Waals surface area contributed by atoms with Crippen molar-refractivity contribution in [1.29, 1.82) is 0 Å². The van der Waals surface area contributed by atoms with Crippen LogP contribution in [0, 0.1) is 47.3 Å². The number of carbonyl (C=O) groups is 24. The van der Waals surface area contributed by atoms with Gasteiger partial charge in [0.25, 0.3) is 25.2 Å². The predicted molar refractivity (Wildman–Crippen MR) is 426 cm³/mol. The van der Waals surface area contributed by atoms with Gasteiger partial charge in [-0.2, -0.15) is 0 Å². The maximum atomic E-state index is 11.4. The summed E-state index contributed by atoms with van der Waals surface area (Å²) in [5.41, 5.74) is 0.773. The van der Waals surface area contributed by atoms with Crippen molar-refractivity contribution >= 4 is 143 Å². The number of hydrogen-bond donors (Lipinski definition) is 0. The van der Waals surface area contributed by atoms with Crippen LogP contribution in [-0.4, -0.2) is 246 Å². The molecule has 0 bridgehead atoms. The Morgan fingerprint density at radius 2 is 0.515 bits per heavy atom. The van der Waals surface area contributed by atoms with Crippen LogP contribution >= 0.6 is 0 Å². The van der Waals surface area contributed by atoms with Crippen molar-refractivity contribution < 1.29 is 229 Å². The second-order valence-electron chi connectivity index (χ2n) is 28.5. The van der Waals surface area contributed by atoms with Gasteiger partial charge in [-0.1, -0.05) is 108 Å². The van der Waals surface area contributed by atoms with E-state index in [1.54, 1.807) is 55.4 Å². The quantitative estimate of drug-likeness (QED) is 0.0531. The highest BCUT2D eigenvalue weighted by molar-refractivity contribution is 5.92. The Morgan fingerprint density at radius 1 is 0.288 bits per heavy atom. The van der Waals surface area contributed by atoms with E-state index in [1.807, 2.05) is 0 Å². The average molecular weight is 1880 g/mol. The fourth-order valence-electron chi connectivity index (χ4n) is 9.20. The molecule has 8 rings (SSSR count). The number of esters is 24. The molecular formula is C84H104O48. The van der Waals surface area contributed by atoms with Crippen molar-refractivity contribution in [3.05, 3.63) is 99.2 Å². The van der Waals surface area contributed by atoms with E-state index in [0.717, 1.165) is 24.3 Å². The summed E-state index contributed by atoms with van der Waals surface area (Å²) in [5, 5.41) is 0. The zero-order valence-electron chi connectivity index (χ0n) is 74.1. The van der Waals surface area contributed by atoms with E-state index >= 15 is 0 Å². The number of ether oxygens (including phenoxy) is 24. The first-order valence-corrected chi connectivity index (χ1v) is 39.4. The lowest BCUT2D eigenvalue weighted by Crippen LogP contribution is -2.26. The van der Waals surface area contributed by atoms with E-state index in [0.29, 0.717) is 25.7 Å². The molecule has 0 aromatic carbocycles. The Hall–Kier alpha value is -14.8. The van der Waals surface area contributed by atoms with Crippen LogP contribution < -0.4 is 0 Å². The van der Waals surface area contributed by atoms with Gasteiger partial charge in [0.15, 0.2) is 52.9 Å². The predicted octanol–water partition coefficient (Wildman–Crippen LogP) is 2.90. The molecule has 16 unspecified atom stereocenters. The molecule has 48 heteroatoms. The number of rotatable bonds is 32.